The summed E-state index contributed by atoms with van der Waals surface area (Å²) >= 11 is 0. The van der Waals surface area contributed by atoms with E-state index in [1.807, 2.05) is 25.1 Å². The summed E-state index contributed by atoms with van der Waals surface area (Å²) in [7, 11) is 1.75. The van der Waals surface area contributed by atoms with Crippen LogP contribution in [0, 0.1) is 13.8 Å². The number of anilines is 1. The fourth-order valence-electron chi connectivity index (χ4n) is 1.18. The van der Waals surface area contributed by atoms with Crippen LogP contribution in [0.3, 0.4) is 0 Å². The number of amides is 1. The van der Waals surface area contributed by atoms with E-state index in [1.54, 1.807) is 7.05 Å². The maximum Gasteiger partial charge on any atom is 0.238 e. The molecule has 0 saturated heterocycles. The van der Waals surface area contributed by atoms with Gasteiger partial charge in [-0.05, 0) is 44.2 Å². The molecule has 0 aliphatic rings. The first-order valence-corrected chi connectivity index (χ1v) is 4.65. The summed E-state index contributed by atoms with van der Waals surface area (Å²) in [6, 6.07) is 5.89. The molecule has 0 heterocycles. The monoisotopic (exact) mass is 192 g/mol. The summed E-state index contributed by atoms with van der Waals surface area (Å²) in [5, 5.41) is 5.61. The van der Waals surface area contributed by atoms with Gasteiger partial charge >= 0.3 is 0 Å². The number of likely N-dealkylation sites (N-methyl/N-ethyl adjacent to an activating group) is 1. The van der Waals surface area contributed by atoms with Crippen LogP contribution >= 0.6 is 0 Å². The van der Waals surface area contributed by atoms with Crippen LogP contribution in [0.25, 0.3) is 0 Å². The molecule has 0 unspecified atom stereocenters. The summed E-state index contributed by atoms with van der Waals surface area (Å²) in [5.74, 6) is -0.0178. The molecular weight excluding hydrogens is 176 g/mol. The van der Waals surface area contributed by atoms with E-state index in [1.165, 1.54) is 11.1 Å². The Morgan fingerprint density at radius 3 is 2.57 bits per heavy atom. The van der Waals surface area contributed by atoms with E-state index in [2.05, 4.69) is 17.6 Å². The molecule has 1 rings (SSSR count). The minimum absolute atomic E-state index is 0.0178. The highest BCUT2D eigenvalue weighted by Crippen LogP contribution is 2.13. The maximum atomic E-state index is 11.2. The van der Waals surface area contributed by atoms with Crippen LogP contribution in [0.15, 0.2) is 18.2 Å². The number of aryl methyl sites for hydroxylation is 2. The summed E-state index contributed by atoms with van der Waals surface area (Å²) in [6.45, 7) is 4.42. The number of carbonyl (C=O) groups is 1. The quantitative estimate of drug-likeness (QED) is 0.761. The third-order valence-corrected chi connectivity index (χ3v) is 2.13. The van der Waals surface area contributed by atoms with Gasteiger partial charge < -0.3 is 10.6 Å². The van der Waals surface area contributed by atoms with Crippen molar-refractivity contribution in [2.45, 2.75) is 13.8 Å². The lowest BCUT2D eigenvalue weighted by atomic mass is 10.1. The number of nitrogens with one attached hydrogen (secondary N) is 2. The summed E-state index contributed by atoms with van der Waals surface area (Å²) in [5.41, 5.74) is 3.28. The Hall–Kier alpha value is -1.35. The molecule has 0 atom stereocenters. The Labute approximate surface area is 84.5 Å². The molecule has 1 aromatic rings. The summed E-state index contributed by atoms with van der Waals surface area (Å²) in [6.07, 6.45) is 0. The van der Waals surface area contributed by atoms with Gasteiger partial charge in [-0.1, -0.05) is 6.07 Å². The smallest absolute Gasteiger partial charge is 0.238 e. The molecule has 2 N–H and O–H groups in total. The lowest BCUT2D eigenvalue weighted by Gasteiger charge is -2.06. The second kappa shape index (κ2) is 4.77. The average molecular weight is 192 g/mol. The summed E-state index contributed by atoms with van der Waals surface area (Å²) < 4.78 is 0. The SMILES string of the molecule is CNCC(=O)Nc1ccc(C)c(C)c1. The number of rotatable bonds is 3. The van der Waals surface area contributed by atoms with E-state index < -0.39 is 0 Å². The molecule has 0 radical (unpaired) electrons. The molecule has 0 aliphatic heterocycles. The molecule has 3 heteroatoms. The van der Waals surface area contributed by atoms with Gasteiger partial charge in [-0.25, -0.2) is 0 Å². The molecule has 0 aliphatic carbocycles. The third-order valence-electron chi connectivity index (χ3n) is 2.13. The zero-order valence-electron chi connectivity index (χ0n) is 8.85. The molecule has 1 amide bonds. The lowest BCUT2D eigenvalue weighted by molar-refractivity contribution is -0.115. The van der Waals surface area contributed by atoms with Gasteiger partial charge in [0.15, 0.2) is 0 Å². The zero-order chi connectivity index (χ0) is 10.6. The van der Waals surface area contributed by atoms with Crippen molar-refractivity contribution < 1.29 is 4.79 Å². The lowest BCUT2D eigenvalue weighted by Crippen LogP contribution is -2.25. The van der Waals surface area contributed by atoms with Crippen molar-refractivity contribution in [3.63, 3.8) is 0 Å². The Morgan fingerprint density at radius 2 is 2.00 bits per heavy atom. The predicted octanol–water partition coefficient (Wildman–Crippen LogP) is 1.46. The second-order valence-corrected chi connectivity index (χ2v) is 3.38. The highest BCUT2D eigenvalue weighted by molar-refractivity contribution is 5.92. The Balaban J connectivity index is 2.68. The Kier molecular flexibility index (Phi) is 3.65. The normalized spacial score (nSPS) is 9.93. The summed E-state index contributed by atoms with van der Waals surface area (Å²) in [4.78, 5) is 11.2. The highest BCUT2D eigenvalue weighted by atomic mass is 16.1. The van der Waals surface area contributed by atoms with E-state index in [0.717, 1.165) is 5.69 Å². The van der Waals surface area contributed by atoms with Crippen molar-refractivity contribution in [3.05, 3.63) is 29.3 Å². The first-order chi connectivity index (χ1) is 6.63. The van der Waals surface area contributed by atoms with Gasteiger partial charge in [-0.2, -0.15) is 0 Å². The van der Waals surface area contributed by atoms with Gasteiger partial charge in [0.05, 0.1) is 6.54 Å². The van der Waals surface area contributed by atoms with Crippen LogP contribution in [-0.2, 0) is 4.79 Å². The van der Waals surface area contributed by atoms with Crippen LogP contribution in [0.1, 0.15) is 11.1 Å². The van der Waals surface area contributed by atoms with E-state index in [4.69, 9.17) is 0 Å². The van der Waals surface area contributed by atoms with Crippen molar-refractivity contribution in [2.75, 3.05) is 18.9 Å². The molecule has 0 saturated carbocycles. The Bertz CT molecular complexity index is 334. The molecule has 14 heavy (non-hydrogen) atoms. The molecule has 0 bridgehead atoms. The predicted molar refractivity (Wildman–Crippen MR) is 58.5 cm³/mol. The molecule has 0 fully saturated rings. The third kappa shape index (κ3) is 2.85. The van der Waals surface area contributed by atoms with Crippen molar-refractivity contribution >= 4 is 11.6 Å². The van der Waals surface area contributed by atoms with E-state index >= 15 is 0 Å². The van der Waals surface area contributed by atoms with E-state index in [-0.39, 0.29) is 5.91 Å². The number of hydrogen-bond acceptors (Lipinski definition) is 2. The molecule has 0 aromatic heterocycles. The minimum Gasteiger partial charge on any atom is -0.325 e. The van der Waals surface area contributed by atoms with Gasteiger partial charge in [-0.15, -0.1) is 0 Å². The van der Waals surface area contributed by atoms with Crippen molar-refractivity contribution in [1.82, 2.24) is 5.32 Å². The zero-order valence-corrected chi connectivity index (χ0v) is 8.85. The minimum atomic E-state index is -0.0178. The van der Waals surface area contributed by atoms with Crippen molar-refractivity contribution in [2.24, 2.45) is 0 Å². The van der Waals surface area contributed by atoms with Gasteiger partial charge in [0.2, 0.25) is 5.91 Å². The van der Waals surface area contributed by atoms with E-state index in [0.29, 0.717) is 6.54 Å². The van der Waals surface area contributed by atoms with Gasteiger partial charge in [0.1, 0.15) is 0 Å². The van der Waals surface area contributed by atoms with Crippen molar-refractivity contribution in [3.8, 4) is 0 Å². The van der Waals surface area contributed by atoms with E-state index in [9.17, 15) is 4.79 Å². The molecule has 1 aromatic carbocycles. The second-order valence-electron chi connectivity index (χ2n) is 3.38. The standard InChI is InChI=1S/C11H16N2O/c1-8-4-5-10(6-9(8)2)13-11(14)7-12-3/h4-6,12H,7H2,1-3H3,(H,13,14). The van der Waals surface area contributed by atoms with Gasteiger partial charge in [0.25, 0.3) is 0 Å². The fourth-order valence-corrected chi connectivity index (χ4v) is 1.18. The number of benzene rings is 1. The number of hydrogen-bond donors (Lipinski definition) is 2. The van der Waals surface area contributed by atoms with Crippen molar-refractivity contribution in [1.29, 1.82) is 0 Å². The number of carbonyl (C=O) groups excluding carboxylic acids is 1. The highest BCUT2D eigenvalue weighted by Gasteiger charge is 2.00. The van der Waals surface area contributed by atoms with Gasteiger partial charge in [0, 0.05) is 5.69 Å². The first-order valence-electron chi connectivity index (χ1n) is 4.65. The topological polar surface area (TPSA) is 41.1 Å². The van der Waals surface area contributed by atoms with Crippen LogP contribution < -0.4 is 10.6 Å². The van der Waals surface area contributed by atoms with Crippen LogP contribution in [0.5, 0.6) is 0 Å². The largest absolute Gasteiger partial charge is 0.325 e. The molecule has 3 nitrogen and oxygen atoms in total. The molecule has 76 valence electrons. The van der Waals surface area contributed by atoms with Crippen LogP contribution in [0.4, 0.5) is 5.69 Å². The maximum absolute atomic E-state index is 11.2. The Morgan fingerprint density at radius 1 is 1.29 bits per heavy atom. The van der Waals surface area contributed by atoms with Crippen LogP contribution in [0.2, 0.25) is 0 Å². The molecule has 0 spiro atoms. The molecular formula is C11H16N2O. The fraction of sp³-hybridized carbons (Fsp3) is 0.364. The van der Waals surface area contributed by atoms with Crippen LogP contribution in [-0.4, -0.2) is 19.5 Å². The first kappa shape index (κ1) is 10.7. The van der Waals surface area contributed by atoms with Gasteiger partial charge in [-0.3, -0.25) is 4.79 Å². The average Bonchev–Trinajstić information content (AvgIpc) is 2.12.